The second kappa shape index (κ2) is 6.55. The number of halogens is 1. The Morgan fingerprint density at radius 2 is 2.00 bits per heavy atom. The van der Waals surface area contributed by atoms with Gasteiger partial charge in [-0.2, -0.15) is 10.4 Å². The van der Waals surface area contributed by atoms with E-state index in [1.807, 2.05) is 31.2 Å². The molecule has 0 fully saturated rings. The summed E-state index contributed by atoms with van der Waals surface area (Å²) in [5.41, 5.74) is 10.0. The number of nitrogens with zero attached hydrogens (tertiary/aromatic N) is 3. The maximum absolute atomic E-state index is 13.4. The van der Waals surface area contributed by atoms with E-state index in [2.05, 4.69) is 11.2 Å². The van der Waals surface area contributed by atoms with Crippen LogP contribution in [0.5, 0.6) is 0 Å². The molecule has 2 aromatic carbocycles. The van der Waals surface area contributed by atoms with Gasteiger partial charge in [0.15, 0.2) is 0 Å². The van der Waals surface area contributed by atoms with E-state index in [4.69, 9.17) is 5.73 Å². The van der Waals surface area contributed by atoms with E-state index in [1.54, 1.807) is 16.8 Å². The van der Waals surface area contributed by atoms with Gasteiger partial charge in [0.2, 0.25) is 0 Å². The van der Waals surface area contributed by atoms with Gasteiger partial charge in [0.05, 0.1) is 12.2 Å². The highest BCUT2D eigenvalue weighted by atomic mass is 19.1. The topological polar surface area (TPSA) is 67.6 Å². The zero-order chi connectivity index (χ0) is 17.1. The molecule has 120 valence electrons. The molecule has 0 bridgehead atoms. The van der Waals surface area contributed by atoms with Crippen LogP contribution >= 0.6 is 0 Å². The fourth-order valence-corrected chi connectivity index (χ4v) is 2.68. The molecule has 0 aliphatic carbocycles. The lowest BCUT2D eigenvalue weighted by Crippen LogP contribution is -2.07. The van der Waals surface area contributed by atoms with Crippen LogP contribution in [0.1, 0.15) is 27.9 Å². The smallest absolute Gasteiger partial charge is 0.140 e. The minimum Gasteiger partial charge on any atom is -0.383 e. The molecule has 0 atom stereocenters. The van der Waals surface area contributed by atoms with Crippen LogP contribution < -0.4 is 5.73 Å². The third-order valence-corrected chi connectivity index (χ3v) is 4.02. The van der Waals surface area contributed by atoms with Crippen molar-refractivity contribution in [3.05, 3.63) is 82.3 Å². The number of aryl methyl sites for hydroxylation is 1. The first-order valence-electron chi connectivity index (χ1n) is 7.62. The van der Waals surface area contributed by atoms with E-state index in [9.17, 15) is 9.65 Å². The van der Waals surface area contributed by atoms with Crippen LogP contribution in [-0.4, -0.2) is 9.78 Å². The van der Waals surface area contributed by atoms with E-state index >= 15 is 0 Å². The maximum atomic E-state index is 13.4. The molecule has 3 aromatic rings. The highest BCUT2D eigenvalue weighted by Gasteiger charge is 2.16. The third-order valence-electron chi connectivity index (χ3n) is 4.02. The Kier molecular flexibility index (Phi) is 4.30. The van der Waals surface area contributed by atoms with Crippen LogP contribution in [0.4, 0.5) is 10.2 Å². The van der Waals surface area contributed by atoms with Crippen molar-refractivity contribution in [2.75, 3.05) is 5.73 Å². The quantitative estimate of drug-likeness (QED) is 0.801. The van der Waals surface area contributed by atoms with Gasteiger partial charge in [-0.05, 0) is 35.7 Å². The zero-order valence-corrected chi connectivity index (χ0v) is 13.3. The largest absolute Gasteiger partial charge is 0.383 e. The number of anilines is 1. The first-order valence-corrected chi connectivity index (χ1v) is 7.62. The Labute approximate surface area is 140 Å². The van der Waals surface area contributed by atoms with Gasteiger partial charge in [-0.25, -0.2) is 9.07 Å². The number of nitriles is 1. The van der Waals surface area contributed by atoms with E-state index in [0.29, 0.717) is 30.0 Å². The summed E-state index contributed by atoms with van der Waals surface area (Å²) in [7, 11) is 0. The van der Waals surface area contributed by atoms with Crippen LogP contribution in [0, 0.1) is 24.1 Å². The number of rotatable bonds is 4. The van der Waals surface area contributed by atoms with Crippen molar-refractivity contribution in [2.45, 2.75) is 19.9 Å². The maximum Gasteiger partial charge on any atom is 0.140 e. The van der Waals surface area contributed by atoms with E-state index in [0.717, 1.165) is 16.7 Å². The minimum absolute atomic E-state index is 0.307. The summed E-state index contributed by atoms with van der Waals surface area (Å²) < 4.78 is 15.0. The fraction of sp³-hybridized carbons (Fsp3) is 0.158. The average Bonchev–Trinajstić information content (AvgIpc) is 2.84. The standard InChI is InChI=1S/C19H17FN4/c1-13-5-2-3-7-15(13)12-24-19(22)17(11-21)18(23-24)10-14-6-4-8-16(20)9-14/h2-9H,10,12,22H2,1H3. The van der Waals surface area contributed by atoms with Gasteiger partial charge in [0, 0.05) is 6.42 Å². The van der Waals surface area contributed by atoms with Gasteiger partial charge >= 0.3 is 0 Å². The lowest BCUT2D eigenvalue weighted by Gasteiger charge is -2.07. The first kappa shape index (κ1) is 15.8. The fourth-order valence-electron chi connectivity index (χ4n) is 2.68. The molecule has 4 nitrogen and oxygen atoms in total. The van der Waals surface area contributed by atoms with Crippen molar-refractivity contribution in [3.8, 4) is 6.07 Å². The molecule has 5 heteroatoms. The molecule has 0 spiro atoms. The Hall–Kier alpha value is -3.13. The lowest BCUT2D eigenvalue weighted by atomic mass is 10.1. The van der Waals surface area contributed by atoms with Crippen molar-refractivity contribution in [1.29, 1.82) is 5.26 Å². The van der Waals surface area contributed by atoms with Gasteiger partial charge in [-0.15, -0.1) is 0 Å². The molecule has 0 saturated carbocycles. The molecule has 24 heavy (non-hydrogen) atoms. The van der Waals surface area contributed by atoms with Crippen molar-refractivity contribution in [1.82, 2.24) is 9.78 Å². The predicted octanol–water partition coefficient (Wildman–Crippen LogP) is 3.42. The summed E-state index contributed by atoms with van der Waals surface area (Å²) in [5.74, 6) is 0.0329. The summed E-state index contributed by atoms with van der Waals surface area (Å²) in [4.78, 5) is 0. The summed E-state index contributed by atoms with van der Waals surface area (Å²) in [6, 6.07) is 16.4. The molecular formula is C19H17FN4. The number of hydrogen-bond donors (Lipinski definition) is 1. The number of benzene rings is 2. The van der Waals surface area contributed by atoms with Crippen LogP contribution in [0.2, 0.25) is 0 Å². The van der Waals surface area contributed by atoms with Crippen molar-refractivity contribution in [3.63, 3.8) is 0 Å². The molecular weight excluding hydrogens is 303 g/mol. The second-order valence-electron chi connectivity index (χ2n) is 5.71. The lowest BCUT2D eigenvalue weighted by molar-refractivity contribution is 0.625. The number of nitrogen functional groups attached to an aromatic ring is 1. The molecule has 1 heterocycles. The average molecular weight is 320 g/mol. The molecule has 0 aliphatic heterocycles. The van der Waals surface area contributed by atoms with Crippen LogP contribution in [0.3, 0.4) is 0 Å². The van der Waals surface area contributed by atoms with Crippen molar-refractivity contribution in [2.24, 2.45) is 0 Å². The minimum atomic E-state index is -0.307. The molecule has 0 amide bonds. The highest BCUT2D eigenvalue weighted by molar-refractivity contribution is 5.53. The summed E-state index contributed by atoms with van der Waals surface area (Å²) in [6.07, 6.45) is 0.367. The van der Waals surface area contributed by atoms with Crippen LogP contribution in [0.15, 0.2) is 48.5 Å². The van der Waals surface area contributed by atoms with Gasteiger partial charge in [0.25, 0.3) is 0 Å². The molecule has 0 aliphatic rings. The molecule has 0 radical (unpaired) electrons. The SMILES string of the molecule is Cc1ccccc1Cn1nc(Cc2cccc(F)c2)c(C#N)c1N. The van der Waals surface area contributed by atoms with Gasteiger partial charge < -0.3 is 5.73 Å². The molecule has 0 unspecified atom stereocenters. The summed E-state index contributed by atoms with van der Waals surface area (Å²) in [6.45, 7) is 2.52. The normalized spacial score (nSPS) is 10.5. The van der Waals surface area contributed by atoms with Crippen LogP contribution in [-0.2, 0) is 13.0 Å². The third kappa shape index (κ3) is 3.13. The van der Waals surface area contributed by atoms with Crippen molar-refractivity contribution >= 4 is 5.82 Å². The van der Waals surface area contributed by atoms with Gasteiger partial charge in [-0.3, -0.25) is 0 Å². The Bertz CT molecular complexity index is 921. The summed E-state index contributed by atoms with van der Waals surface area (Å²) in [5, 5.41) is 13.9. The highest BCUT2D eigenvalue weighted by Crippen LogP contribution is 2.21. The van der Waals surface area contributed by atoms with Crippen molar-refractivity contribution < 1.29 is 4.39 Å². The van der Waals surface area contributed by atoms with E-state index < -0.39 is 0 Å². The first-order chi connectivity index (χ1) is 11.6. The van der Waals surface area contributed by atoms with Crippen LogP contribution in [0.25, 0.3) is 0 Å². The van der Waals surface area contributed by atoms with Gasteiger partial charge in [-0.1, -0.05) is 36.4 Å². The number of aromatic nitrogens is 2. The van der Waals surface area contributed by atoms with E-state index in [-0.39, 0.29) is 5.82 Å². The summed E-state index contributed by atoms with van der Waals surface area (Å²) >= 11 is 0. The molecule has 1 aromatic heterocycles. The monoisotopic (exact) mass is 320 g/mol. The zero-order valence-electron chi connectivity index (χ0n) is 13.3. The van der Waals surface area contributed by atoms with Gasteiger partial charge in [0.1, 0.15) is 23.3 Å². The molecule has 3 rings (SSSR count). The number of nitrogens with two attached hydrogens (primary N) is 1. The Balaban J connectivity index is 1.94. The second-order valence-corrected chi connectivity index (χ2v) is 5.71. The Morgan fingerprint density at radius 1 is 1.21 bits per heavy atom. The molecule has 2 N–H and O–H groups in total. The molecule has 0 saturated heterocycles. The predicted molar refractivity (Wildman–Crippen MR) is 90.8 cm³/mol. The number of hydrogen-bond acceptors (Lipinski definition) is 3. The van der Waals surface area contributed by atoms with E-state index in [1.165, 1.54) is 12.1 Å². The Morgan fingerprint density at radius 3 is 2.71 bits per heavy atom.